The Morgan fingerprint density at radius 3 is 2.14 bits per heavy atom. The van der Waals surface area contributed by atoms with Crippen LogP contribution in [0.4, 0.5) is 19.3 Å². The minimum absolute atomic E-state index is 0.337. The van der Waals surface area contributed by atoms with Crippen molar-refractivity contribution in [2.24, 2.45) is 5.10 Å². The molecule has 4 rings (SSSR count). The van der Waals surface area contributed by atoms with E-state index in [2.05, 4.69) is 10.4 Å². The molecule has 0 saturated carbocycles. The largest absolute Gasteiger partial charge is 0.342 e. The Morgan fingerprint density at radius 1 is 0.893 bits per heavy atom. The van der Waals surface area contributed by atoms with Gasteiger partial charge in [-0.2, -0.15) is 5.10 Å². The first-order chi connectivity index (χ1) is 13.6. The Bertz CT molecular complexity index is 1000. The summed E-state index contributed by atoms with van der Waals surface area (Å²) in [5, 5.41) is 8.67. The first-order valence-electron chi connectivity index (χ1n) is 8.84. The van der Waals surface area contributed by atoms with Crippen molar-refractivity contribution < 1.29 is 13.6 Å². The van der Waals surface area contributed by atoms with E-state index in [-0.39, 0.29) is 17.7 Å². The molecule has 0 aromatic heterocycles. The van der Waals surface area contributed by atoms with Gasteiger partial charge in [-0.1, -0.05) is 42.5 Å². The number of nitrogens with zero attached hydrogens (tertiary/aromatic N) is 2. The number of benzene rings is 3. The molecule has 140 valence electrons. The second-order valence-electron chi connectivity index (χ2n) is 6.47. The van der Waals surface area contributed by atoms with Crippen LogP contribution < -0.4 is 5.32 Å². The number of urea groups is 1. The summed E-state index contributed by atoms with van der Waals surface area (Å²) in [6, 6.07) is 20.3. The molecule has 3 aromatic carbocycles. The van der Waals surface area contributed by atoms with E-state index in [1.54, 1.807) is 36.4 Å². The number of hydrogen-bond donors (Lipinski definition) is 1. The van der Waals surface area contributed by atoms with Gasteiger partial charge in [0.1, 0.15) is 11.6 Å². The summed E-state index contributed by atoms with van der Waals surface area (Å²) >= 11 is 0. The molecule has 1 atom stereocenters. The number of para-hydroxylation sites is 1. The van der Waals surface area contributed by atoms with Gasteiger partial charge < -0.3 is 5.32 Å². The van der Waals surface area contributed by atoms with Crippen molar-refractivity contribution in [2.45, 2.75) is 12.5 Å². The standard InChI is InChI=1S/C22H17F2N3O/c23-17-10-6-15(7-11-17)20-14-21(16-8-12-18(24)13-9-16)27(26-20)22(28)25-19-4-2-1-3-5-19/h1-13,21H,14H2,(H,25,28)/t21-/m1/s1. The third-order valence-corrected chi connectivity index (χ3v) is 4.58. The predicted octanol–water partition coefficient (Wildman–Crippen LogP) is 5.35. The summed E-state index contributed by atoms with van der Waals surface area (Å²) < 4.78 is 26.6. The van der Waals surface area contributed by atoms with Gasteiger partial charge in [-0.25, -0.2) is 18.6 Å². The van der Waals surface area contributed by atoms with Crippen LogP contribution in [0.15, 0.2) is 84.0 Å². The summed E-state index contributed by atoms with van der Waals surface area (Å²) in [5.74, 6) is -0.683. The minimum Gasteiger partial charge on any atom is -0.306 e. The van der Waals surface area contributed by atoms with Crippen LogP contribution in [0.3, 0.4) is 0 Å². The lowest BCUT2D eigenvalue weighted by molar-refractivity contribution is 0.200. The maximum absolute atomic E-state index is 13.3. The van der Waals surface area contributed by atoms with Crippen molar-refractivity contribution in [3.05, 3.63) is 102 Å². The molecule has 0 unspecified atom stereocenters. The quantitative estimate of drug-likeness (QED) is 0.657. The minimum atomic E-state index is -0.391. The lowest BCUT2D eigenvalue weighted by atomic mass is 9.98. The lowest BCUT2D eigenvalue weighted by Gasteiger charge is -2.22. The van der Waals surface area contributed by atoms with Gasteiger partial charge in [0.15, 0.2) is 0 Å². The molecule has 2 amide bonds. The van der Waals surface area contributed by atoms with E-state index >= 15 is 0 Å². The Balaban J connectivity index is 1.65. The fourth-order valence-electron chi connectivity index (χ4n) is 3.16. The second-order valence-corrected chi connectivity index (χ2v) is 6.47. The van der Waals surface area contributed by atoms with E-state index in [0.717, 1.165) is 11.1 Å². The van der Waals surface area contributed by atoms with Gasteiger partial charge in [0.25, 0.3) is 0 Å². The highest BCUT2D eigenvalue weighted by atomic mass is 19.1. The fourth-order valence-corrected chi connectivity index (χ4v) is 3.16. The summed E-state index contributed by atoms with van der Waals surface area (Å²) in [4.78, 5) is 12.9. The van der Waals surface area contributed by atoms with Crippen molar-refractivity contribution in [1.82, 2.24) is 5.01 Å². The molecule has 4 nitrogen and oxygen atoms in total. The van der Waals surface area contributed by atoms with Gasteiger partial charge in [-0.15, -0.1) is 0 Å². The first-order valence-corrected chi connectivity index (χ1v) is 8.84. The maximum atomic E-state index is 13.3. The number of rotatable bonds is 3. The summed E-state index contributed by atoms with van der Waals surface area (Å²) in [5.41, 5.74) is 2.82. The van der Waals surface area contributed by atoms with E-state index in [1.165, 1.54) is 29.3 Å². The Kier molecular flexibility index (Phi) is 4.85. The average Bonchev–Trinajstić information content (AvgIpc) is 3.15. The van der Waals surface area contributed by atoms with E-state index in [0.29, 0.717) is 17.8 Å². The van der Waals surface area contributed by atoms with Gasteiger partial charge >= 0.3 is 6.03 Å². The normalized spacial score (nSPS) is 16.0. The van der Waals surface area contributed by atoms with Crippen LogP contribution in [0.1, 0.15) is 23.6 Å². The van der Waals surface area contributed by atoms with Crippen molar-refractivity contribution in [3.8, 4) is 0 Å². The highest BCUT2D eigenvalue weighted by molar-refractivity contribution is 6.04. The second kappa shape index (κ2) is 7.60. The molecule has 1 aliphatic heterocycles. The summed E-state index contributed by atoms with van der Waals surface area (Å²) in [6.07, 6.45) is 0.444. The topological polar surface area (TPSA) is 44.7 Å². The van der Waals surface area contributed by atoms with E-state index < -0.39 is 6.03 Å². The molecular formula is C22H17F2N3O. The average molecular weight is 377 g/mol. The zero-order valence-corrected chi connectivity index (χ0v) is 14.8. The molecular weight excluding hydrogens is 360 g/mol. The van der Waals surface area contributed by atoms with E-state index in [1.807, 2.05) is 18.2 Å². The number of anilines is 1. The van der Waals surface area contributed by atoms with E-state index in [4.69, 9.17) is 0 Å². The van der Waals surface area contributed by atoms with Crippen molar-refractivity contribution in [3.63, 3.8) is 0 Å². The van der Waals surface area contributed by atoms with Crippen LogP contribution >= 0.6 is 0 Å². The molecule has 0 spiro atoms. The molecule has 0 radical (unpaired) electrons. The molecule has 1 aliphatic rings. The van der Waals surface area contributed by atoms with Crippen LogP contribution in [0.5, 0.6) is 0 Å². The Hall–Kier alpha value is -3.54. The molecule has 6 heteroatoms. The lowest BCUT2D eigenvalue weighted by Crippen LogP contribution is -2.31. The number of hydrogen-bond acceptors (Lipinski definition) is 2. The molecule has 0 bridgehead atoms. The number of hydrazone groups is 1. The van der Waals surface area contributed by atoms with Crippen LogP contribution in [0.2, 0.25) is 0 Å². The van der Waals surface area contributed by atoms with Gasteiger partial charge in [-0.3, -0.25) is 0 Å². The van der Waals surface area contributed by atoms with Crippen LogP contribution in [0, 0.1) is 11.6 Å². The zero-order chi connectivity index (χ0) is 19.5. The first kappa shape index (κ1) is 17.9. The molecule has 28 heavy (non-hydrogen) atoms. The Labute approximate surface area is 161 Å². The number of halogens is 2. The van der Waals surface area contributed by atoms with Crippen molar-refractivity contribution >= 4 is 17.4 Å². The highest BCUT2D eigenvalue weighted by Gasteiger charge is 2.33. The molecule has 0 fully saturated rings. The van der Waals surface area contributed by atoms with Gasteiger partial charge in [-0.05, 0) is 47.5 Å². The molecule has 3 aromatic rings. The van der Waals surface area contributed by atoms with Gasteiger partial charge in [0, 0.05) is 12.1 Å². The predicted molar refractivity (Wildman–Crippen MR) is 104 cm³/mol. The van der Waals surface area contributed by atoms with E-state index in [9.17, 15) is 13.6 Å². The van der Waals surface area contributed by atoms with Crippen molar-refractivity contribution in [1.29, 1.82) is 0 Å². The summed E-state index contributed by atoms with van der Waals surface area (Å²) in [7, 11) is 0. The third-order valence-electron chi connectivity index (χ3n) is 4.58. The number of carbonyl (C=O) groups excluding carboxylic acids is 1. The van der Waals surface area contributed by atoms with Crippen molar-refractivity contribution in [2.75, 3.05) is 5.32 Å². The van der Waals surface area contributed by atoms with Crippen LogP contribution in [0.25, 0.3) is 0 Å². The molecule has 1 N–H and O–H groups in total. The van der Waals surface area contributed by atoms with Crippen LogP contribution in [-0.2, 0) is 0 Å². The summed E-state index contributed by atoms with van der Waals surface area (Å²) in [6.45, 7) is 0. The molecule has 0 aliphatic carbocycles. The molecule has 0 saturated heterocycles. The van der Waals surface area contributed by atoms with Gasteiger partial charge in [0.2, 0.25) is 0 Å². The number of carbonyl (C=O) groups is 1. The smallest absolute Gasteiger partial charge is 0.306 e. The van der Waals surface area contributed by atoms with Gasteiger partial charge in [0.05, 0.1) is 11.8 Å². The third kappa shape index (κ3) is 3.76. The SMILES string of the molecule is O=C(Nc1ccccc1)N1N=C(c2ccc(F)cc2)C[C@@H]1c1ccc(F)cc1. The highest BCUT2D eigenvalue weighted by Crippen LogP contribution is 2.33. The van der Waals surface area contributed by atoms with Crippen LogP contribution in [-0.4, -0.2) is 16.8 Å². The number of amides is 2. The zero-order valence-electron chi connectivity index (χ0n) is 14.8. The fraction of sp³-hybridized carbons (Fsp3) is 0.0909. The molecule has 1 heterocycles. The monoisotopic (exact) mass is 377 g/mol. The number of nitrogens with one attached hydrogen (secondary N) is 1. The Morgan fingerprint density at radius 2 is 1.50 bits per heavy atom. The maximum Gasteiger partial charge on any atom is 0.342 e.